The molecule has 0 radical (unpaired) electrons. The lowest BCUT2D eigenvalue weighted by molar-refractivity contribution is -0.122. The first-order chi connectivity index (χ1) is 7.33. The maximum absolute atomic E-state index is 11.4. The Bertz CT molecular complexity index is 178. The van der Waals surface area contributed by atoms with Gasteiger partial charge < -0.3 is 10.1 Å². The van der Waals surface area contributed by atoms with Gasteiger partial charge in [-0.15, -0.1) is 0 Å². The summed E-state index contributed by atoms with van der Waals surface area (Å²) in [5.74, 6) is 0.771. The fourth-order valence-electron chi connectivity index (χ4n) is 1.64. The van der Waals surface area contributed by atoms with Crippen LogP contribution in [0.5, 0.6) is 0 Å². The lowest BCUT2D eigenvalue weighted by Gasteiger charge is -2.25. The van der Waals surface area contributed by atoms with Crippen molar-refractivity contribution in [2.45, 2.75) is 45.4 Å². The van der Waals surface area contributed by atoms with E-state index < -0.39 is 0 Å². The van der Waals surface area contributed by atoms with Crippen molar-refractivity contribution in [3.63, 3.8) is 0 Å². The zero-order chi connectivity index (χ0) is 10.9. The van der Waals surface area contributed by atoms with Gasteiger partial charge in [-0.2, -0.15) is 0 Å². The molecule has 0 unspecified atom stereocenters. The van der Waals surface area contributed by atoms with Gasteiger partial charge in [-0.05, 0) is 6.42 Å². The van der Waals surface area contributed by atoms with Gasteiger partial charge in [-0.25, -0.2) is 0 Å². The molecule has 0 saturated carbocycles. The largest absolute Gasteiger partial charge is 0.381 e. The Labute approximate surface area is 92.6 Å². The fraction of sp³-hybridized carbons (Fsp3) is 0.917. The van der Waals surface area contributed by atoms with Gasteiger partial charge in [0.15, 0.2) is 0 Å². The minimum atomic E-state index is 0.207. The molecule has 0 aromatic rings. The summed E-state index contributed by atoms with van der Waals surface area (Å²) in [5, 5.41) is 2.96. The Kier molecular flexibility index (Phi) is 6.41. The van der Waals surface area contributed by atoms with Crippen LogP contribution in [-0.2, 0) is 9.53 Å². The average molecular weight is 213 g/mol. The summed E-state index contributed by atoms with van der Waals surface area (Å²) in [6.45, 7) is 4.63. The number of unbranched alkanes of at least 4 members (excludes halogenated alkanes) is 4. The molecule has 1 rings (SSSR count). The van der Waals surface area contributed by atoms with E-state index in [0.717, 1.165) is 26.2 Å². The number of carbonyl (C=O) groups excluding carboxylic acids is 1. The molecule has 1 aliphatic heterocycles. The van der Waals surface area contributed by atoms with Crippen molar-refractivity contribution in [1.29, 1.82) is 0 Å². The molecule has 1 heterocycles. The Morgan fingerprint density at radius 3 is 2.60 bits per heavy atom. The molecule has 1 saturated heterocycles. The van der Waals surface area contributed by atoms with Crippen molar-refractivity contribution in [2.24, 2.45) is 5.92 Å². The van der Waals surface area contributed by atoms with E-state index in [0.29, 0.717) is 12.3 Å². The normalized spacial score (nSPS) is 16.1. The van der Waals surface area contributed by atoms with Crippen LogP contribution in [0.1, 0.15) is 45.4 Å². The molecule has 0 atom stereocenters. The monoisotopic (exact) mass is 213 g/mol. The second-order valence-electron chi connectivity index (χ2n) is 4.37. The smallest absolute Gasteiger partial charge is 0.220 e. The molecule has 3 heteroatoms. The van der Waals surface area contributed by atoms with Crippen LogP contribution in [0.15, 0.2) is 0 Å². The lowest BCUT2D eigenvalue weighted by atomic mass is 10.1. The molecule has 88 valence electrons. The first-order valence-electron chi connectivity index (χ1n) is 6.17. The zero-order valence-electron chi connectivity index (χ0n) is 9.76. The van der Waals surface area contributed by atoms with Gasteiger partial charge in [-0.1, -0.05) is 32.6 Å². The standard InChI is InChI=1S/C12H23NO2/c1-2-3-4-5-6-7-12(14)13-8-11-9-15-10-11/h11H,2-10H2,1H3,(H,13,14). The Hall–Kier alpha value is -0.570. The van der Waals surface area contributed by atoms with E-state index in [2.05, 4.69) is 12.2 Å². The summed E-state index contributed by atoms with van der Waals surface area (Å²) in [7, 11) is 0. The summed E-state index contributed by atoms with van der Waals surface area (Å²) in [5.41, 5.74) is 0. The lowest BCUT2D eigenvalue weighted by Crippen LogP contribution is -2.39. The molecule has 0 aromatic carbocycles. The highest BCUT2D eigenvalue weighted by Crippen LogP contribution is 2.08. The number of hydrogen-bond acceptors (Lipinski definition) is 2. The van der Waals surface area contributed by atoms with Crippen LogP contribution < -0.4 is 5.32 Å². The van der Waals surface area contributed by atoms with Gasteiger partial charge in [-0.3, -0.25) is 4.79 Å². The summed E-state index contributed by atoms with van der Waals surface area (Å²) < 4.78 is 5.04. The number of carbonyl (C=O) groups is 1. The number of ether oxygens (including phenoxy) is 1. The van der Waals surface area contributed by atoms with E-state index in [1.807, 2.05) is 0 Å². The summed E-state index contributed by atoms with van der Waals surface area (Å²) >= 11 is 0. The molecule has 0 aliphatic carbocycles. The summed E-state index contributed by atoms with van der Waals surface area (Å²) in [6.07, 6.45) is 6.73. The third-order valence-electron chi connectivity index (χ3n) is 2.80. The van der Waals surface area contributed by atoms with Crippen LogP contribution in [0.4, 0.5) is 0 Å². The molecule has 3 nitrogen and oxygen atoms in total. The van der Waals surface area contributed by atoms with E-state index in [-0.39, 0.29) is 5.91 Å². The van der Waals surface area contributed by atoms with E-state index in [4.69, 9.17) is 4.74 Å². The second-order valence-corrected chi connectivity index (χ2v) is 4.37. The second kappa shape index (κ2) is 7.69. The van der Waals surface area contributed by atoms with Crippen molar-refractivity contribution in [2.75, 3.05) is 19.8 Å². The molecule has 0 aromatic heterocycles. The van der Waals surface area contributed by atoms with Gasteiger partial charge in [0.05, 0.1) is 13.2 Å². The van der Waals surface area contributed by atoms with Crippen molar-refractivity contribution in [3.8, 4) is 0 Å². The minimum absolute atomic E-state index is 0.207. The molecular weight excluding hydrogens is 190 g/mol. The predicted molar refractivity (Wildman–Crippen MR) is 60.7 cm³/mol. The van der Waals surface area contributed by atoms with Crippen LogP contribution >= 0.6 is 0 Å². The van der Waals surface area contributed by atoms with Crippen molar-refractivity contribution >= 4 is 5.91 Å². The minimum Gasteiger partial charge on any atom is -0.381 e. The first-order valence-corrected chi connectivity index (χ1v) is 6.17. The van der Waals surface area contributed by atoms with E-state index in [1.54, 1.807) is 0 Å². The van der Waals surface area contributed by atoms with E-state index in [1.165, 1.54) is 25.7 Å². The highest BCUT2D eigenvalue weighted by molar-refractivity contribution is 5.75. The van der Waals surface area contributed by atoms with Gasteiger partial charge in [0, 0.05) is 18.9 Å². The van der Waals surface area contributed by atoms with Crippen LogP contribution in [-0.4, -0.2) is 25.7 Å². The molecule has 1 fully saturated rings. The first kappa shape index (κ1) is 12.5. The molecule has 0 bridgehead atoms. The van der Waals surface area contributed by atoms with Gasteiger partial charge in [0.25, 0.3) is 0 Å². The molecule has 1 aliphatic rings. The van der Waals surface area contributed by atoms with Crippen LogP contribution in [0.25, 0.3) is 0 Å². The summed E-state index contributed by atoms with van der Waals surface area (Å²) in [4.78, 5) is 11.4. The predicted octanol–water partition coefficient (Wildman–Crippen LogP) is 2.11. The van der Waals surface area contributed by atoms with Crippen LogP contribution in [0.2, 0.25) is 0 Å². The van der Waals surface area contributed by atoms with Gasteiger partial charge in [0.1, 0.15) is 0 Å². The average Bonchev–Trinajstić information content (AvgIpc) is 2.15. The maximum atomic E-state index is 11.4. The van der Waals surface area contributed by atoms with Crippen molar-refractivity contribution < 1.29 is 9.53 Å². The highest BCUT2D eigenvalue weighted by Gasteiger charge is 2.18. The Morgan fingerprint density at radius 1 is 1.27 bits per heavy atom. The highest BCUT2D eigenvalue weighted by atomic mass is 16.5. The third kappa shape index (κ3) is 5.78. The van der Waals surface area contributed by atoms with Gasteiger partial charge in [0.2, 0.25) is 5.91 Å². The molecule has 0 spiro atoms. The van der Waals surface area contributed by atoms with Crippen molar-refractivity contribution in [3.05, 3.63) is 0 Å². The Balaban J connectivity index is 1.84. The number of amides is 1. The zero-order valence-corrected chi connectivity index (χ0v) is 9.76. The van der Waals surface area contributed by atoms with Crippen LogP contribution in [0.3, 0.4) is 0 Å². The molecule has 1 amide bonds. The number of nitrogens with one attached hydrogen (secondary N) is 1. The van der Waals surface area contributed by atoms with Crippen molar-refractivity contribution in [1.82, 2.24) is 5.32 Å². The molecule has 15 heavy (non-hydrogen) atoms. The SMILES string of the molecule is CCCCCCCC(=O)NCC1COC1. The number of hydrogen-bond donors (Lipinski definition) is 1. The van der Waals surface area contributed by atoms with E-state index in [9.17, 15) is 4.79 Å². The topological polar surface area (TPSA) is 38.3 Å². The molecular formula is C12H23NO2. The third-order valence-corrected chi connectivity index (χ3v) is 2.80. The summed E-state index contributed by atoms with van der Waals surface area (Å²) in [6, 6.07) is 0. The van der Waals surface area contributed by atoms with Gasteiger partial charge >= 0.3 is 0 Å². The number of rotatable bonds is 8. The molecule has 1 N–H and O–H groups in total. The van der Waals surface area contributed by atoms with E-state index >= 15 is 0 Å². The maximum Gasteiger partial charge on any atom is 0.220 e. The van der Waals surface area contributed by atoms with Crippen LogP contribution in [0, 0.1) is 5.92 Å². The quantitative estimate of drug-likeness (QED) is 0.627. The Morgan fingerprint density at radius 2 is 2.00 bits per heavy atom. The fourth-order valence-corrected chi connectivity index (χ4v) is 1.64.